The molecule has 2 N–H and O–H groups in total. The van der Waals surface area contributed by atoms with E-state index < -0.39 is 5.97 Å². The molecule has 3 heteroatoms. The molecule has 0 unspecified atom stereocenters. The van der Waals surface area contributed by atoms with Crippen LogP contribution in [0, 0.1) is 27.7 Å². The highest BCUT2D eigenvalue weighted by atomic mass is 16.4. The number of rotatable bonds is 4. The lowest BCUT2D eigenvalue weighted by atomic mass is 9.98. The molecule has 0 aliphatic heterocycles. The zero-order valence-electron chi connectivity index (χ0n) is 12.9. The fraction of sp³-hybridized carbons (Fsp3) is 0.278. The highest BCUT2D eigenvalue weighted by molar-refractivity contribution is 5.77. The van der Waals surface area contributed by atoms with E-state index in [4.69, 9.17) is 5.11 Å². The van der Waals surface area contributed by atoms with Crippen molar-refractivity contribution in [2.75, 3.05) is 5.32 Å². The first-order valence-corrected chi connectivity index (χ1v) is 7.04. The third-order valence-corrected chi connectivity index (χ3v) is 3.98. The normalized spacial score (nSPS) is 10.5. The summed E-state index contributed by atoms with van der Waals surface area (Å²) >= 11 is 0. The van der Waals surface area contributed by atoms with Crippen LogP contribution in [0.25, 0.3) is 0 Å². The zero-order valence-corrected chi connectivity index (χ0v) is 12.9. The fourth-order valence-electron chi connectivity index (χ4n) is 2.50. The van der Waals surface area contributed by atoms with Gasteiger partial charge in [0.15, 0.2) is 0 Å². The van der Waals surface area contributed by atoms with Gasteiger partial charge in [0.05, 0.1) is 6.42 Å². The van der Waals surface area contributed by atoms with Gasteiger partial charge in [0, 0.05) is 11.4 Å². The minimum Gasteiger partial charge on any atom is -0.481 e. The summed E-state index contributed by atoms with van der Waals surface area (Å²) in [7, 11) is 0. The molecule has 0 atom stereocenters. The molecule has 0 amide bonds. The molecule has 2 aromatic carbocycles. The second kappa shape index (κ2) is 6.00. The van der Waals surface area contributed by atoms with Gasteiger partial charge in [0.2, 0.25) is 0 Å². The maximum Gasteiger partial charge on any atom is 0.307 e. The molecular weight excluding hydrogens is 262 g/mol. The third-order valence-electron chi connectivity index (χ3n) is 3.98. The Labute approximate surface area is 125 Å². The Bertz CT molecular complexity index is 664. The lowest BCUT2D eigenvalue weighted by molar-refractivity contribution is -0.136. The second-order valence-electron chi connectivity index (χ2n) is 5.49. The summed E-state index contributed by atoms with van der Waals surface area (Å²) in [5.74, 6) is -0.821. The number of carboxylic acid groups (broad SMARTS) is 1. The summed E-state index contributed by atoms with van der Waals surface area (Å²) in [6.45, 7) is 8.36. The summed E-state index contributed by atoms with van der Waals surface area (Å²) in [6, 6.07) is 9.74. The van der Waals surface area contributed by atoms with E-state index in [1.54, 1.807) is 0 Å². The van der Waals surface area contributed by atoms with Crippen molar-refractivity contribution in [2.24, 2.45) is 0 Å². The van der Waals surface area contributed by atoms with E-state index in [-0.39, 0.29) is 6.42 Å². The number of hydrogen-bond donors (Lipinski definition) is 2. The number of carbonyl (C=O) groups is 1. The molecule has 110 valence electrons. The van der Waals surface area contributed by atoms with Crippen molar-refractivity contribution in [3.8, 4) is 0 Å². The molecule has 0 saturated heterocycles. The van der Waals surface area contributed by atoms with Crippen LogP contribution in [0.1, 0.15) is 27.8 Å². The maximum absolute atomic E-state index is 11.0. The van der Waals surface area contributed by atoms with Crippen molar-refractivity contribution >= 4 is 17.3 Å². The predicted molar refractivity (Wildman–Crippen MR) is 86.5 cm³/mol. The Kier molecular flexibility index (Phi) is 4.32. The lowest BCUT2D eigenvalue weighted by Crippen LogP contribution is -2.06. The molecule has 0 saturated carbocycles. The average Bonchev–Trinajstić information content (AvgIpc) is 2.42. The molecule has 2 aromatic rings. The van der Waals surface area contributed by atoms with E-state index in [0.717, 1.165) is 16.9 Å². The summed E-state index contributed by atoms with van der Waals surface area (Å²) in [4.78, 5) is 11.0. The SMILES string of the molecule is Cc1cc(C)c(C)c(Nc2ccccc2CC(=O)O)c1C. The quantitative estimate of drug-likeness (QED) is 0.880. The van der Waals surface area contributed by atoms with E-state index >= 15 is 0 Å². The van der Waals surface area contributed by atoms with Gasteiger partial charge in [0.25, 0.3) is 0 Å². The molecule has 0 aromatic heterocycles. The lowest BCUT2D eigenvalue weighted by Gasteiger charge is -2.18. The smallest absolute Gasteiger partial charge is 0.307 e. The number of carboxylic acids is 1. The molecule has 0 spiro atoms. The molecule has 2 rings (SSSR count). The van der Waals surface area contributed by atoms with Gasteiger partial charge in [0.1, 0.15) is 0 Å². The molecule has 0 bridgehead atoms. The Morgan fingerprint density at radius 2 is 1.62 bits per heavy atom. The molecule has 0 radical (unpaired) electrons. The molecular formula is C18H21NO2. The van der Waals surface area contributed by atoms with E-state index in [1.165, 1.54) is 22.3 Å². The third kappa shape index (κ3) is 3.24. The highest BCUT2D eigenvalue weighted by Crippen LogP contribution is 2.30. The van der Waals surface area contributed by atoms with Crippen LogP contribution in [0.15, 0.2) is 30.3 Å². The minimum atomic E-state index is -0.821. The van der Waals surface area contributed by atoms with Gasteiger partial charge in [-0.15, -0.1) is 0 Å². The van der Waals surface area contributed by atoms with Gasteiger partial charge in [-0.05, 0) is 61.6 Å². The summed E-state index contributed by atoms with van der Waals surface area (Å²) < 4.78 is 0. The van der Waals surface area contributed by atoms with Crippen molar-refractivity contribution in [3.63, 3.8) is 0 Å². The number of benzene rings is 2. The molecule has 0 aliphatic carbocycles. The number of anilines is 2. The van der Waals surface area contributed by atoms with Gasteiger partial charge >= 0.3 is 5.97 Å². The molecule has 0 heterocycles. The Morgan fingerprint density at radius 3 is 2.19 bits per heavy atom. The van der Waals surface area contributed by atoms with Gasteiger partial charge in [-0.1, -0.05) is 24.3 Å². The Balaban J connectivity index is 2.46. The molecule has 3 nitrogen and oxygen atoms in total. The number of para-hydroxylation sites is 1. The topological polar surface area (TPSA) is 49.3 Å². The monoisotopic (exact) mass is 283 g/mol. The maximum atomic E-state index is 11.0. The molecule has 0 fully saturated rings. The number of aliphatic carboxylic acids is 1. The van der Waals surface area contributed by atoms with Crippen LogP contribution in [-0.2, 0) is 11.2 Å². The van der Waals surface area contributed by atoms with Crippen LogP contribution in [-0.4, -0.2) is 11.1 Å². The second-order valence-corrected chi connectivity index (χ2v) is 5.49. The number of aryl methyl sites for hydroxylation is 2. The first kappa shape index (κ1) is 15.1. The van der Waals surface area contributed by atoms with Gasteiger partial charge < -0.3 is 10.4 Å². The average molecular weight is 283 g/mol. The van der Waals surface area contributed by atoms with Gasteiger partial charge in [-0.25, -0.2) is 0 Å². The highest BCUT2D eigenvalue weighted by Gasteiger charge is 2.11. The van der Waals surface area contributed by atoms with Crippen molar-refractivity contribution in [1.29, 1.82) is 0 Å². The largest absolute Gasteiger partial charge is 0.481 e. The molecule has 21 heavy (non-hydrogen) atoms. The van der Waals surface area contributed by atoms with Crippen molar-refractivity contribution in [1.82, 2.24) is 0 Å². The standard InChI is InChI=1S/C18H21NO2/c1-11-9-12(2)14(4)18(13(11)3)19-16-8-6-5-7-15(16)10-17(20)21/h5-9,19H,10H2,1-4H3,(H,20,21). The summed E-state index contributed by atoms with van der Waals surface area (Å²) in [5, 5.41) is 12.5. The summed E-state index contributed by atoms with van der Waals surface area (Å²) in [6.07, 6.45) is 0.0199. The number of hydrogen-bond acceptors (Lipinski definition) is 2. The van der Waals surface area contributed by atoms with Gasteiger partial charge in [-0.2, -0.15) is 0 Å². The first-order chi connectivity index (χ1) is 9.90. The van der Waals surface area contributed by atoms with Crippen molar-refractivity contribution in [3.05, 3.63) is 58.1 Å². The first-order valence-electron chi connectivity index (χ1n) is 7.04. The fourth-order valence-corrected chi connectivity index (χ4v) is 2.50. The summed E-state index contributed by atoms with van der Waals surface area (Å²) in [5.41, 5.74) is 7.59. The minimum absolute atomic E-state index is 0.0199. The van der Waals surface area contributed by atoms with Crippen LogP contribution < -0.4 is 5.32 Å². The predicted octanol–water partition coefficient (Wildman–Crippen LogP) is 4.29. The van der Waals surface area contributed by atoms with Crippen molar-refractivity contribution < 1.29 is 9.90 Å². The van der Waals surface area contributed by atoms with E-state index in [0.29, 0.717) is 0 Å². The van der Waals surface area contributed by atoms with E-state index in [2.05, 4.69) is 39.1 Å². The molecule has 0 aliphatic rings. The Morgan fingerprint density at radius 1 is 1.05 bits per heavy atom. The number of nitrogens with one attached hydrogen (secondary N) is 1. The van der Waals surface area contributed by atoms with Gasteiger partial charge in [-0.3, -0.25) is 4.79 Å². The van der Waals surface area contributed by atoms with Crippen LogP contribution in [0.3, 0.4) is 0 Å². The van der Waals surface area contributed by atoms with Crippen molar-refractivity contribution in [2.45, 2.75) is 34.1 Å². The Hall–Kier alpha value is -2.29. The van der Waals surface area contributed by atoms with Crippen LogP contribution in [0.5, 0.6) is 0 Å². The van der Waals surface area contributed by atoms with Crippen LogP contribution >= 0.6 is 0 Å². The van der Waals surface area contributed by atoms with E-state index in [9.17, 15) is 4.79 Å². The zero-order chi connectivity index (χ0) is 15.6. The van der Waals surface area contributed by atoms with E-state index in [1.807, 2.05) is 24.3 Å². The van der Waals surface area contributed by atoms with Crippen LogP contribution in [0.4, 0.5) is 11.4 Å². The van der Waals surface area contributed by atoms with Crippen LogP contribution in [0.2, 0.25) is 0 Å².